The molecule has 2 rings (SSSR count). The number of amides is 1. The molecule has 128 valence electrons. The number of hydrogen-bond donors (Lipinski definition) is 2. The van der Waals surface area contributed by atoms with Gasteiger partial charge in [0.05, 0.1) is 13.2 Å². The van der Waals surface area contributed by atoms with Crippen molar-refractivity contribution in [3.63, 3.8) is 0 Å². The summed E-state index contributed by atoms with van der Waals surface area (Å²) in [5, 5.41) is 6.05. The van der Waals surface area contributed by atoms with E-state index in [-0.39, 0.29) is 18.0 Å². The highest BCUT2D eigenvalue weighted by molar-refractivity contribution is 5.92. The molecule has 0 unspecified atom stereocenters. The fraction of sp³-hybridized carbons (Fsp3) is 0.350. The first-order valence-electron chi connectivity index (χ1n) is 8.24. The van der Waals surface area contributed by atoms with Gasteiger partial charge in [0.15, 0.2) is 0 Å². The van der Waals surface area contributed by atoms with Crippen molar-refractivity contribution in [3.05, 3.63) is 60.2 Å². The highest BCUT2D eigenvalue weighted by Crippen LogP contribution is 2.17. The monoisotopic (exact) mass is 326 g/mol. The second kappa shape index (κ2) is 8.50. The van der Waals surface area contributed by atoms with Crippen molar-refractivity contribution in [2.24, 2.45) is 0 Å². The van der Waals surface area contributed by atoms with E-state index in [4.69, 9.17) is 4.74 Å². The molecule has 1 amide bonds. The molecule has 0 aliphatic rings. The normalized spacial score (nSPS) is 11.1. The molecule has 24 heavy (non-hydrogen) atoms. The molecule has 2 N–H and O–H groups in total. The SMILES string of the molecule is CC(C)(C)NCC(=O)Nc1cccc(OCCc2ccccc2)c1. The third-order valence-electron chi connectivity index (χ3n) is 3.40. The quantitative estimate of drug-likeness (QED) is 0.817. The molecule has 0 saturated carbocycles. The number of hydrogen-bond acceptors (Lipinski definition) is 3. The van der Waals surface area contributed by atoms with E-state index >= 15 is 0 Å². The number of ether oxygens (including phenoxy) is 1. The van der Waals surface area contributed by atoms with Gasteiger partial charge in [-0.25, -0.2) is 0 Å². The number of rotatable bonds is 7. The van der Waals surface area contributed by atoms with Crippen LogP contribution in [0.3, 0.4) is 0 Å². The van der Waals surface area contributed by atoms with E-state index in [1.54, 1.807) is 0 Å². The predicted molar refractivity (Wildman–Crippen MR) is 98.5 cm³/mol. The number of anilines is 1. The lowest BCUT2D eigenvalue weighted by Crippen LogP contribution is -2.41. The van der Waals surface area contributed by atoms with E-state index < -0.39 is 0 Å². The summed E-state index contributed by atoms with van der Waals surface area (Å²) in [5.41, 5.74) is 1.91. The summed E-state index contributed by atoms with van der Waals surface area (Å²) in [5.74, 6) is 0.693. The fourth-order valence-electron chi connectivity index (χ4n) is 2.15. The van der Waals surface area contributed by atoms with Crippen LogP contribution in [0, 0.1) is 0 Å². The Balaban J connectivity index is 1.81. The minimum absolute atomic E-state index is 0.0636. The van der Waals surface area contributed by atoms with Gasteiger partial charge in [0, 0.05) is 23.7 Å². The van der Waals surface area contributed by atoms with E-state index in [1.165, 1.54) is 5.56 Å². The van der Waals surface area contributed by atoms with Gasteiger partial charge in [-0.15, -0.1) is 0 Å². The second-order valence-electron chi connectivity index (χ2n) is 6.76. The average Bonchev–Trinajstić information content (AvgIpc) is 2.54. The lowest BCUT2D eigenvalue weighted by Gasteiger charge is -2.20. The maximum Gasteiger partial charge on any atom is 0.238 e. The maximum absolute atomic E-state index is 12.0. The molecule has 0 saturated heterocycles. The van der Waals surface area contributed by atoms with Crippen LogP contribution in [0.5, 0.6) is 5.75 Å². The zero-order valence-electron chi connectivity index (χ0n) is 14.6. The third-order valence-corrected chi connectivity index (χ3v) is 3.40. The molecule has 4 nitrogen and oxygen atoms in total. The van der Waals surface area contributed by atoms with Crippen LogP contribution in [-0.2, 0) is 11.2 Å². The van der Waals surface area contributed by atoms with Crippen LogP contribution < -0.4 is 15.4 Å². The molecule has 0 bridgehead atoms. The van der Waals surface area contributed by atoms with Crippen LogP contribution in [0.4, 0.5) is 5.69 Å². The lowest BCUT2D eigenvalue weighted by molar-refractivity contribution is -0.115. The van der Waals surface area contributed by atoms with Gasteiger partial charge in [-0.3, -0.25) is 4.79 Å². The summed E-state index contributed by atoms with van der Waals surface area (Å²) in [4.78, 5) is 12.0. The summed E-state index contributed by atoms with van der Waals surface area (Å²) in [6, 6.07) is 17.7. The summed E-state index contributed by atoms with van der Waals surface area (Å²) in [7, 11) is 0. The van der Waals surface area contributed by atoms with E-state index in [1.807, 2.05) is 63.2 Å². The van der Waals surface area contributed by atoms with Crippen LogP contribution in [0.25, 0.3) is 0 Å². The van der Waals surface area contributed by atoms with Crippen LogP contribution >= 0.6 is 0 Å². The van der Waals surface area contributed by atoms with Gasteiger partial charge in [-0.1, -0.05) is 36.4 Å². The standard InChI is InChI=1S/C20H26N2O2/c1-20(2,3)21-15-19(23)22-17-10-7-11-18(14-17)24-13-12-16-8-5-4-6-9-16/h4-11,14,21H,12-13,15H2,1-3H3,(H,22,23). The predicted octanol–water partition coefficient (Wildman–Crippen LogP) is 3.63. The van der Waals surface area contributed by atoms with E-state index in [2.05, 4.69) is 22.8 Å². The Kier molecular flexibility index (Phi) is 6.38. The number of carbonyl (C=O) groups excluding carboxylic acids is 1. The minimum Gasteiger partial charge on any atom is -0.493 e. The van der Waals surface area contributed by atoms with Gasteiger partial charge in [0.25, 0.3) is 0 Å². The maximum atomic E-state index is 12.0. The lowest BCUT2D eigenvalue weighted by atomic mass is 10.1. The van der Waals surface area contributed by atoms with Gasteiger partial charge >= 0.3 is 0 Å². The summed E-state index contributed by atoms with van der Waals surface area (Å²) in [6.07, 6.45) is 0.854. The topological polar surface area (TPSA) is 50.4 Å². The molecule has 0 aromatic heterocycles. The van der Waals surface area contributed by atoms with Gasteiger partial charge in [0.2, 0.25) is 5.91 Å². The molecule has 0 spiro atoms. The van der Waals surface area contributed by atoms with Crippen molar-refractivity contribution in [1.82, 2.24) is 5.32 Å². The molecule has 2 aromatic carbocycles. The molecule has 0 heterocycles. The third kappa shape index (κ3) is 6.84. The average molecular weight is 326 g/mol. The van der Waals surface area contributed by atoms with Crippen molar-refractivity contribution in [3.8, 4) is 5.75 Å². The molecule has 0 aliphatic carbocycles. The summed E-state index contributed by atoms with van der Waals surface area (Å²) < 4.78 is 5.78. The Morgan fingerprint density at radius 2 is 1.79 bits per heavy atom. The molecular weight excluding hydrogens is 300 g/mol. The Bertz CT molecular complexity index is 648. The zero-order valence-corrected chi connectivity index (χ0v) is 14.6. The number of nitrogens with one attached hydrogen (secondary N) is 2. The Morgan fingerprint density at radius 3 is 2.50 bits per heavy atom. The Hall–Kier alpha value is -2.33. The highest BCUT2D eigenvalue weighted by Gasteiger charge is 2.11. The molecule has 4 heteroatoms. The highest BCUT2D eigenvalue weighted by atomic mass is 16.5. The summed E-state index contributed by atoms with van der Waals surface area (Å²) in [6.45, 7) is 6.97. The zero-order chi connectivity index (χ0) is 17.4. The van der Waals surface area contributed by atoms with E-state index in [0.717, 1.165) is 17.9 Å². The van der Waals surface area contributed by atoms with E-state index in [9.17, 15) is 4.79 Å². The van der Waals surface area contributed by atoms with Gasteiger partial charge in [-0.2, -0.15) is 0 Å². The van der Waals surface area contributed by atoms with Crippen molar-refractivity contribution in [1.29, 1.82) is 0 Å². The molecule has 0 fully saturated rings. The van der Waals surface area contributed by atoms with Crippen molar-refractivity contribution < 1.29 is 9.53 Å². The van der Waals surface area contributed by atoms with Gasteiger partial charge < -0.3 is 15.4 Å². The number of carbonyl (C=O) groups is 1. The van der Waals surface area contributed by atoms with Crippen LogP contribution in [-0.4, -0.2) is 24.6 Å². The smallest absolute Gasteiger partial charge is 0.238 e. The first kappa shape index (κ1) is 18.0. The summed E-state index contributed by atoms with van der Waals surface area (Å²) >= 11 is 0. The molecule has 0 aliphatic heterocycles. The Labute approximate surface area is 144 Å². The van der Waals surface area contributed by atoms with E-state index in [0.29, 0.717) is 6.61 Å². The fourth-order valence-corrected chi connectivity index (χ4v) is 2.15. The van der Waals surface area contributed by atoms with Crippen molar-refractivity contribution in [2.75, 3.05) is 18.5 Å². The van der Waals surface area contributed by atoms with Crippen molar-refractivity contribution in [2.45, 2.75) is 32.7 Å². The first-order chi connectivity index (χ1) is 11.4. The van der Waals surface area contributed by atoms with Crippen LogP contribution in [0.1, 0.15) is 26.3 Å². The first-order valence-corrected chi connectivity index (χ1v) is 8.24. The second-order valence-corrected chi connectivity index (χ2v) is 6.76. The van der Waals surface area contributed by atoms with Crippen LogP contribution in [0.2, 0.25) is 0 Å². The van der Waals surface area contributed by atoms with Crippen LogP contribution in [0.15, 0.2) is 54.6 Å². The molecular formula is C20H26N2O2. The van der Waals surface area contributed by atoms with Gasteiger partial charge in [0.1, 0.15) is 5.75 Å². The van der Waals surface area contributed by atoms with Gasteiger partial charge in [-0.05, 0) is 38.5 Å². The largest absolute Gasteiger partial charge is 0.493 e. The van der Waals surface area contributed by atoms with Crippen molar-refractivity contribution >= 4 is 11.6 Å². The minimum atomic E-state index is -0.0836. The molecule has 2 aromatic rings. The molecule has 0 radical (unpaired) electrons. The molecule has 0 atom stereocenters. The number of benzene rings is 2. The Morgan fingerprint density at radius 1 is 1.04 bits per heavy atom.